The lowest BCUT2D eigenvalue weighted by molar-refractivity contribution is 0.0472. The van der Waals surface area contributed by atoms with Crippen LogP contribution in [0, 0.1) is 20.8 Å². The molecule has 3 rings (SSSR count). The predicted octanol–water partition coefficient (Wildman–Crippen LogP) is 4.49. The molecule has 0 radical (unpaired) electrons. The molecule has 0 amide bonds. The molecule has 0 saturated carbocycles. The van der Waals surface area contributed by atoms with Crippen LogP contribution in [0.5, 0.6) is 0 Å². The van der Waals surface area contributed by atoms with Crippen LogP contribution >= 0.6 is 11.6 Å². The summed E-state index contributed by atoms with van der Waals surface area (Å²) in [7, 11) is 0. The minimum atomic E-state index is -0.750. The van der Waals surface area contributed by atoms with Crippen LogP contribution in [0.1, 0.15) is 55.1 Å². The van der Waals surface area contributed by atoms with Crippen molar-refractivity contribution in [2.24, 2.45) is 0 Å². The summed E-state index contributed by atoms with van der Waals surface area (Å²) in [6.07, 6.45) is 0. The first kappa shape index (κ1) is 20.5. The number of nitrogens with one attached hydrogen (secondary N) is 1. The number of aromatic amines is 1. The van der Waals surface area contributed by atoms with Crippen LogP contribution in [0.3, 0.4) is 0 Å². The first-order chi connectivity index (χ1) is 13.7. The number of nitrogens with zero attached hydrogens (tertiary/aromatic N) is 1. The lowest BCUT2D eigenvalue weighted by atomic mass is 10.1. The Balaban J connectivity index is 1.82. The van der Waals surface area contributed by atoms with E-state index in [2.05, 4.69) is 10.1 Å². The van der Waals surface area contributed by atoms with E-state index in [0.717, 1.165) is 0 Å². The van der Waals surface area contributed by atoms with E-state index in [0.29, 0.717) is 27.4 Å². The molecule has 0 aliphatic carbocycles. The van der Waals surface area contributed by atoms with E-state index in [-0.39, 0.29) is 28.5 Å². The number of benzene rings is 1. The number of rotatable bonds is 6. The van der Waals surface area contributed by atoms with Crippen molar-refractivity contribution >= 4 is 29.1 Å². The average molecular weight is 415 g/mol. The van der Waals surface area contributed by atoms with Gasteiger partial charge < -0.3 is 14.2 Å². The van der Waals surface area contributed by atoms with Gasteiger partial charge in [-0.25, -0.2) is 4.79 Å². The smallest absolute Gasteiger partial charge is 0.344 e. The predicted molar refractivity (Wildman–Crippen MR) is 107 cm³/mol. The second kappa shape index (κ2) is 8.05. The van der Waals surface area contributed by atoms with Crippen LogP contribution in [-0.2, 0) is 4.74 Å². The summed E-state index contributed by atoms with van der Waals surface area (Å²) in [5.41, 5.74) is 2.72. The van der Waals surface area contributed by atoms with Crippen molar-refractivity contribution in [1.82, 2.24) is 10.1 Å². The number of carbonyl (C=O) groups excluding carboxylic acids is 3. The van der Waals surface area contributed by atoms with Crippen molar-refractivity contribution in [1.29, 1.82) is 0 Å². The van der Waals surface area contributed by atoms with E-state index >= 15 is 0 Å². The second-order valence-corrected chi connectivity index (χ2v) is 7.03. The second-order valence-electron chi connectivity index (χ2n) is 6.62. The summed E-state index contributed by atoms with van der Waals surface area (Å²) in [4.78, 5) is 39.8. The number of H-pyrrole nitrogens is 1. The molecule has 0 saturated heterocycles. The van der Waals surface area contributed by atoms with Crippen molar-refractivity contribution in [3.63, 3.8) is 0 Å². The number of Topliss-reactive ketones (excluding diaryl/α,β-unsaturated/α-hetero) is 2. The fraction of sp³-hybridized carbons (Fsp3) is 0.238. The van der Waals surface area contributed by atoms with Gasteiger partial charge in [-0.2, -0.15) is 0 Å². The van der Waals surface area contributed by atoms with E-state index in [1.54, 1.807) is 45.0 Å². The molecule has 29 heavy (non-hydrogen) atoms. The number of hydrogen-bond acceptors (Lipinski definition) is 6. The molecule has 2 aromatic heterocycles. The van der Waals surface area contributed by atoms with Crippen LogP contribution in [-0.4, -0.2) is 34.3 Å². The molecule has 0 spiro atoms. The third kappa shape index (κ3) is 3.86. The standard InChI is InChI=1S/C21H19ClN2O5/c1-10-17(12(3)25)11(2)23-19(10)16(26)9-28-21(27)18-13(4)29-24-20(18)14-7-5-6-8-15(14)22/h5-8,23H,9H2,1-4H3. The fourth-order valence-electron chi connectivity index (χ4n) is 3.28. The Kier molecular flexibility index (Phi) is 5.70. The van der Waals surface area contributed by atoms with Gasteiger partial charge in [0.25, 0.3) is 0 Å². The maximum Gasteiger partial charge on any atom is 0.344 e. The number of aryl methyl sites for hydroxylation is 2. The molecule has 8 heteroatoms. The summed E-state index contributed by atoms with van der Waals surface area (Å²) >= 11 is 6.19. The fourth-order valence-corrected chi connectivity index (χ4v) is 3.51. The van der Waals surface area contributed by atoms with Crippen molar-refractivity contribution < 1.29 is 23.6 Å². The Bertz CT molecular complexity index is 1130. The van der Waals surface area contributed by atoms with Gasteiger partial charge in [0, 0.05) is 16.8 Å². The molecule has 0 bridgehead atoms. The molecule has 0 fully saturated rings. The van der Waals surface area contributed by atoms with Crippen molar-refractivity contribution in [3.8, 4) is 11.3 Å². The zero-order chi connectivity index (χ0) is 21.3. The van der Waals surface area contributed by atoms with Gasteiger partial charge in [0.05, 0.1) is 10.7 Å². The minimum Gasteiger partial charge on any atom is -0.453 e. The number of ketones is 2. The first-order valence-electron chi connectivity index (χ1n) is 8.84. The van der Waals surface area contributed by atoms with Crippen LogP contribution < -0.4 is 0 Å². The molecule has 7 nitrogen and oxygen atoms in total. The highest BCUT2D eigenvalue weighted by Gasteiger charge is 2.26. The zero-order valence-electron chi connectivity index (χ0n) is 16.4. The summed E-state index contributed by atoms with van der Waals surface area (Å²) in [6.45, 7) is 5.90. The molecule has 3 aromatic rings. The maximum atomic E-state index is 12.7. The monoisotopic (exact) mass is 414 g/mol. The highest BCUT2D eigenvalue weighted by atomic mass is 35.5. The first-order valence-corrected chi connectivity index (χ1v) is 9.21. The Morgan fingerprint density at radius 2 is 1.83 bits per heavy atom. The topological polar surface area (TPSA) is 102 Å². The SMILES string of the molecule is CC(=O)c1c(C)[nH]c(C(=O)COC(=O)c2c(-c3ccccc3Cl)noc2C)c1C. The Morgan fingerprint density at radius 3 is 2.45 bits per heavy atom. The lowest BCUT2D eigenvalue weighted by Gasteiger charge is -2.06. The molecule has 0 atom stereocenters. The maximum absolute atomic E-state index is 12.7. The number of esters is 1. The van der Waals surface area contributed by atoms with Crippen molar-refractivity contribution in [2.45, 2.75) is 27.7 Å². The third-order valence-corrected chi connectivity index (χ3v) is 4.93. The average Bonchev–Trinajstić information content (AvgIpc) is 3.19. The van der Waals surface area contributed by atoms with Crippen LogP contribution in [0.2, 0.25) is 5.02 Å². The normalized spacial score (nSPS) is 10.8. The molecule has 150 valence electrons. The molecular weight excluding hydrogens is 396 g/mol. The lowest BCUT2D eigenvalue weighted by Crippen LogP contribution is -2.16. The highest BCUT2D eigenvalue weighted by Crippen LogP contribution is 2.31. The summed E-state index contributed by atoms with van der Waals surface area (Å²) in [6, 6.07) is 6.89. The van der Waals surface area contributed by atoms with Crippen molar-refractivity contribution in [3.05, 3.63) is 63.1 Å². The molecule has 0 aliphatic rings. The molecule has 1 N–H and O–H groups in total. The van der Waals surface area contributed by atoms with Gasteiger partial charge in [0.1, 0.15) is 17.0 Å². The molecule has 2 heterocycles. The number of halogens is 1. The van der Waals surface area contributed by atoms with Crippen LogP contribution in [0.15, 0.2) is 28.8 Å². The summed E-state index contributed by atoms with van der Waals surface area (Å²) in [5, 5.41) is 4.32. The molecule has 1 aromatic carbocycles. The Hall–Kier alpha value is -3.19. The van der Waals surface area contributed by atoms with E-state index in [4.69, 9.17) is 20.9 Å². The largest absolute Gasteiger partial charge is 0.453 e. The molecule has 0 aliphatic heterocycles. The van der Waals surface area contributed by atoms with E-state index in [9.17, 15) is 14.4 Å². The number of hydrogen-bond donors (Lipinski definition) is 1. The van der Waals surface area contributed by atoms with Crippen molar-refractivity contribution in [2.75, 3.05) is 6.61 Å². The molecule has 0 unspecified atom stereocenters. The summed E-state index contributed by atoms with van der Waals surface area (Å²) < 4.78 is 10.4. The van der Waals surface area contributed by atoms with Gasteiger partial charge in [-0.3, -0.25) is 9.59 Å². The van der Waals surface area contributed by atoms with Gasteiger partial charge in [0.2, 0.25) is 5.78 Å². The van der Waals surface area contributed by atoms with Gasteiger partial charge in [-0.15, -0.1) is 0 Å². The van der Waals surface area contributed by atoms with Gasteiger partial charge in [-0.05, 0) is 39.3 Å². The van der Waals surface area contributed by atoms with Gasteiger partial charge in [0.15, 0.2) is 12.4 Å². The summed E-state index contributed by atoms with van der Waals surface area (Å²) in [5.74, 6) is -1.08. The van der Waals surface area contributed by atoms with Gasteiger partial charge in [-0.1, -0.05) is 35.0 Å². The highest BCUT2D eigenvalue weighted by molar-refractivity contribution is 6.33. The zero-order valence-corrected chi connectivity index (χ0v) is 17.1. The van der Waals surface area contributed by atoms with Gasteiger partial charge >= 0.3 is 5.97 Å². The quantitative estimate of drug-likeness (QED) is 0.471. The number of carbonyl (C=O) groups is 3. The minimum absolute atomic E-state index is 0.106. The number of aromatic nitrogens is 2. The van der Waals surface area contributed by atoms with Crippen LogP contribution in [0.25, 0.3) is 11.3 Å². The van der Waals surface area contributed by atoms with Crippen LogP contribution in [0.4, 0.5) is 0 Å². The molecular formula is C21H19ClN2O5. The van der Waals surface area contributed by atoms with E-state index < -0.39 is 18.4 Å². The number of ether oxygens (including phenoxy) is 1. The third-order valence-electron chi connectivity index (χ3n) is 4.60. The Morgan fingerprint density at radius 1 is 1.14 bits per heavy atom. The Labute approximate surface area is 172 Å². The van der Waals surface area contributed by atoms with E-state index in [1.807, 2.05) is 0 Å². The van der Waals surface area contributed by atoms with E-state index in [1.165, 1.54) is 6.92 Å².